The number of fused-ring (bicyclic) bond motifs is 1. The van der Waals surface area contributed by atoms with Crippen LogP contribution < -0.4 is 0 Å². The highest BCUT2D eigenvalue weighted by Crippen LogP contribution is 2.37. The zero-order valence-electron chi connectivity index (χ0n) is 14.4. The maximum Gasteiger partial charge on any atom is 0.320 e. The Bertz CT molecular complexity index is 848. The summed E-state index contributed by atoms with van der Waals surface area (Å²) in [5.74, 6) is -1.01. The second kappa shape index (κ2) is 7.07. The van der Waals surface area contributed by atoms with E-state index in [0.29, 0.717) is 24.0 Å². The zero-order chi connectivity index (χ0) is 18.7. The van der Waals surface area contributed by atoms with Crippen LogP contribution in [0, 0.1) is 15.5 Å². The molecule has 1 aliphatic carbocycles. The number of ketones is 1. The van der Waals surface area contributed by atoms with Gasteiger partial charge in [-0.25, -0.2) is 0 Å². The lowest BCUT2D eigenvalue weighted by Gasteiger charge is -2.32. The monoisotopic (exact) mass is 353 g/mol. The fraction of sp³-hybridized carbons (Fsp3) is 0.300. The standard InChI is InChI=1S/C20H19NO5/c1-20(12-11-14-7-5-6-10-16(14)18(20)22)19(23)26-17(13-21(24)25)15-8-3-2-4-9-15/h2-10,17H,11-13H2,1H3. The van der Waals surface area contributed by atoms with Gasteiger partial charge in [-0.15, -0.1) is 0 Å². The number of nitrogens with zero attached hydrogens (tertiary/aromatic N) is 1. The Labute approximate surface area is 150 Å². The number of carbonyl (C=O) groups excluding carboxylic acids is 2. The Morgan fingerprint density at radius 2 is 1.85 bits per heavy atom. The SMILES string of the molecule is CC1(C(=O)OC(C[N+](=O)[O-])c2ccccc2)CCc2ccccc2C1=O. The van der Waals surface area contributed by atoms with Crippen LogP contribution in [0.2, 0.25) is 0 Å². The van der Waals surface area contributed by atoms with Gasteiger partial charge in [-0.1, -0.05) is 54.6 Å². The molecule has 2 aromatic carbocycles. The molecule has 0 spiro atoms. The van der Waals surface area contributed by atoms with Gasteiger partial charge in [0.15, 0.2) is 11.9 Å². The van der Waals surface area contributed by atoms with Gasteiger partial charge < -0.3 is 4.74 Å². The van der Waals surface area contributed by atoms with Gasteiger partial charge >= 0.3 is 5.97 Å². The van der Waals surface area contributed by atoms with Crippen molar-refractivity contribution in [2.75, 3.05) is 6.54 Å². The molecule has 0 bridgehead atoms. The van der Waals surface area contributed by atoms with Crippen molar-refractivity contribution in [3.63, 3.8) is 0 Å². The van der Waals surface area contributed by atoms with Crippen LogP contribution in [-0.4, -0.2) is 23.2 Å². The minimum absolute atomic E-state index is 0.294. The van der Waals surface area contributed by atoms with E-state index in [1.807, 2.05) is 12.1 Å². The van der Waals surface area contributed by atoms with Gasteiger partial charge in [0, 0.05) is 10.5 Å². The molecule has 0 radical (unpaired) electrons. The highest BCUT2D eigenvalue weighted by molar-refractivity contribution is 6.13. The van der Waals surface area contributed by atoms with Crippen LogP contribution >= 0.6 is 0 Å². The van der Waals surface area contributed by atoms with Gasteiger partial charge in [0.2, 0.25) is 6.54 Å². The van der Waals surface area contributed by atoms with Crippen LogP contribution in [0.5, 0.6) is 0 Å². The van der Waals surface area contributed by atoms with E-state index in [1.54, 1.807) is 49.4 Å². The molecule has 2 aromatic rings. The number of carbonyl (C=O) groups is 2. The Morgan fingerprint density at radius 1 is 1.19 bits per heavy atom. The molecule has 6 heteroatoms. The van der Waals surface area contributed by atoms with E-state index in [-0.39, 0.29) is 5.78 Å². The van der Waals surface area contributed by atoms with Gasteiger partial charge in [-0.2, -0.15) is 0 Å². The molecule has 1 aliphatic rings. The van der Waals surface area contributed by atoms with Crippen LogP contribution in [0.15, 0.2) is 54.6 Å². The summed E-state index contributed by atoms with van der Waals surface area (Å²) >= 11 is 0. The number of hydrogen-bond acceptors (Lipinski definition) is 5. The van der Waals surface area contributed by atoms with E-state index < -0.39 is 29.0 Å². The van der Waals surface area contributed by atoms with E-state index in [0.717, 1.165) is 5.56 Å². The molecule has 0 saturated carbocycles. The van der Waals surface area contributed by atoms with Crippen LogP contribution in [0.25, 0.3) is 0 Å². The van der Waals surface area contributed by atoms with Gasteiger partial charge in [-0.3, -0.25) is 19.7 Å². The molecule has 0 aliphatic heterocycles. The lowest BCUT2D eigenvalue weighted by molar-refractivity contribution is -0.491. The molecule has 2 unspecified atom stereocenters. The molecular weight excluding hydrogens is 334 g/mol. The Kier molecular flexibility index (Phi) is 4.84. The van der Waals surface area contributed by atoms with Crippen LogP contribution in [0.1, 0.15) is 40.9 Å². The number of aryl methyl sites for hydroxylation is 1. The predicted molar refractivity (Wildman–Crippen MR) is 94.3 cm³/mol. The van der Waals surface area contributed by atoms with Gasteiger partial charge in [-0.05, 0) is 30.9 Å². The summed E-state index contributed by atoms with van der Waals surface area (Å²) in [5.41, 5.74) is 0.624. The third-order valence-electron chi connectivity index (χ3n) is 4.84. The third-order valence-corrected chi connectivity index (χ3v) is 4.84. The number of esters is 1. The minimum atomic E-state index is -1.34. The normalized spacial score (nSPS) is 20.1. The summed E-state index contributed by atoms with van der Waals surface area (Å²) in [7, 11) is 0. The van der Waals surface area contributed by atoms with E-state index in [4.69, 9.17) is 4.74 Å². The van der Waals surface area contributed by atoms with E-state index >= 15 is 0 Å². The van der Waals surface area contributed by atoms with E-state index in [9.17, 15) is 19.7 Å². The first-order valence-electron chi connectivity index (χ1n) is 8.42. The molecule has 0 N–H and O–H groups in total. The van der Waals surface area contributed by atoms with Crippen molar-refractivity contribution in [2.45, 2.75) is 25.9 Å². The molecule has 0 saturated heterocycles. The smallest absolute Gasteiger partial charge is 0.320 e. The fourth-order valence-electron chi connectivity index (χ4n) is 3.22. The molecule has 0 heterocycles. The second-order valence-corrected chi connectivity index (χ2v) is 6.64. The number of ether oxygens (including phenoxy) is 1. The summed E-state index contributed by atoms with van der Waals surface area (Å²) < 4.78 is 5.47. The van der Waals surface area contributed by atoms with Gasteiger partial charge in [0.05, 0.1) is 0 Å². The Hall–Kier alpha value is -3.02. The number of nitro groups is 1. The largest absolute Gasteiger partial charge is 0.450 e. The molecule has 2 atom stereocenters. The number of hydrogen-bond donors (Lipinski definition) is 0. The summed E-state index contributed by atoms with van der Waals surface area (Å²) in [6.07, 6.45) is -0.124. The molecule has 134 valence electrons. The van der Waals surface area contributed by atoms with Crippen LogP contribution in [-0.2, 0) is 16.0 Å². The summed E-state index contributed by atoms with van der Waals surface area (Å²) in [4.78, 5) is 36.2. The highest BCUT2D eigenvalue weighted by atomic mass is 16.6. The predicted octanol–water partition coefficient (Wildman–Crippen LogP) is 3.38. The first kappa shape index (κ1) is 17.8. The van der Waals surface area contributed by atoms with Crippen molar-refractivity contribution < 1.29 is 19.2 Å². The first-order valence-corrected chi connectivity index (χ1v) is 8.42. The fourth-order valence-corrected chi connectivity index (χ4v) is 3.22. The molecule has 26 heavy (non-hydrogen) atoms. The number of benzene rings is 2. The molecule has 0 fully saturated rings. The first-order chi connectivity index (χ1) is 12.4. The summed E-state index contributed by atoms with van der Waals surface area (Å²) in [5, 5.41) is 11.0. The van der Waals surface area contributed by atoms with Gasteiger partial charge in [0.25, 0.3) is 0 Å². The third kappa shape index (κ3) is 3.35. The highest BCUT2D eigenvalue weighted by Gasteiger charge is 2.47. The topological polar surface area (TPSA) is 86.5 Å². The quantitative estimate of drug-likeness (QED) is 0.356. The van der Waals surface area contributed by atoms with E-state index in [2.05, 4.69) is 0 Å². The molecule has 0 amide bonds. The minimum Gasteiger partial charge on any atom is -0.450 e. The average molecular weight is 353 g/mol. The average Bonchev–Trinajstić information content (AvgIpc) is 2.65. The second-order valence-electron chi connectivity index (χ2n) is 6.64. The maximum atomic E-state index is 12.9. The molecule has 0 aromatic heterocycles. The van der Waals surface area contributed by atoms with Crippen molar-refractivity contribution in [2.24, 2.45) is 5.41 Å². The Morgan fingerprint density at radius 3 is 2.54 bits per heavy atom. The molecular formula is C20H19NO5. The lowest BCUT2D eigenvalue weighted by atomic mass is 9.72. The van der Waals surface area contributed by atoms with Crippen molar-refractivity contribution in [1.82, 2.24) is 0 Å². The van der Waals surface area contributed by atoms with E-state index in [1.165, 1.54) is 0 Å². The Balaban J connectivity index is 1.85. The van der Waals surface area contributed by atoms with Crippen molar-refractivity contribution in [1.29, 1.82) is 0 Å². The number of Topliss-reactive ketones (excluding diaryl/α,β-unsaturated/α-hetero) is 1. The summed E-state index contributed by atoms with van der Waals surface area (Å²) in [6, 6.07) is 15.7. The van der Waals surface area contributed by atoms with Crippen molar-refractivity contribution in [3.8, 4) is 0 Å². The molecule has 6 nitrogen and oxygen atoms in total. The molecule has 3 rings (SSSR count). The van der Waals surface area contributed by atoms with Gasteiger partial charge in [0.1, 0.15) is 5.41 Å². The number of rotatable bonds is 5. The maximum absolute atomic E-state index is 12.9. The van der Waals surface area contributed by atoms with Crippen LogP contribution in [0.4, 0.5) is 0 Å². The summed E-state index contributed by atoms with van der Waals surface area (Å²) in [6.45, 7) is 1.01. The lowest BCUT2D eigenvalue weighted by Crippen LogP contribution is -2.42. The van der Waals surface area contributed by atoms with Crippen molar-refractivity contribution in [3.05, 3.63) is 81.4 Å². The zero-order valence-corrected chi connectivity index (χ0v) is 14.4. The van der Waals surface area contributed by atoms with Crippen molar-refractivity contribution >= 4 is 11.8 Å². The van der Waals surface area contributed by atoms with Crippen LogP contribution in [0.3, 0.4) is 0 Å².